The monoisotopic (exact) mass is 190 g/mol. The number of esters is 1. The minimum absolute atomic E-state index is 0.0197. The SMILES string of the molecule is CC[C@@H]1CC(=O)O[C@@H]1c1ccccc1. The predicted molar refractivity (Wildman–Crippen MR) is 53.7 cm³/mol. The number of hydrogen-bond acceptors (Lipinski definition) is 2. The van der Waals surface area contributed by atoms with Gasteiger partial charge in [0.05, 0.1) is 6.42 Å². The zero-order chi connectivity index (χ0) is 9.97. The van der Waals surface area contributed by atoms with E-state index in [9.17, 15) is 4.79 Å². The van der Waals surface area contributed by atoms with Gasteiger partial charge < -0.3 is 4.74 Å². The van der Waals surface area contributed by atoms with Crippen LogP contribution in [0.1, 0.15) is 31.4 Å². The number of cyclic esters (lactones) is 1. The molecule has 2 rings (SSSR count). The van der Waals surface area contributed by atoms with Crippen molar-refractivity contribution in [1.29, 1.82) is 0 Å². The van der Waals surface area contributed by atoms with E-state index in [2.05, 4.69) is 6.92 Å². The molecule has 2 heteroatoms. The van der Waals surface area contributed by atoms with Crippen LogP contribution in [0.3, 0.4) is 0 Å². The van der Waals surface area contributed by atoms with Crippen molar-refractivity contribution >= 4 is 5.97 Å². The van der Waals surface area contributed by atoms with Crippen molar-refractivity contribution in [2.45, 2.75) is 25.9 Å². The zero-order valence-corrected chi connectivity index (χ0v) is 8.27. The molecule has 1 aromatic rings. The second-order valence-corrected chi connectivity index (χ2v) is 3.69. The molecule has 0 spiro atoms. The van der Waals surface area contributed by atoms with E-state index >= 15 is 0 Å². The maximum Gasteiger partial charge on any atom is 0.306 e. The Morgan fingerprint density at radius 3 is 2.71 bits per heavy atom. The third-order valence-electron chi connectivity index (χ3n) is 2.77. The Morgan fingerprint density at radius 1 is 1.36 bits per heavy atom. The molecule has 1 aliphatic heterocycles. The van der Waals surface area contributed by atoms with Crippen LogP contribution in [-0.4, -0.2) is 5.97 Å². The van der Waals surface area contributed by atoms with E-state index < -0.39 is 0 Å². The highest BCUT2D eigenvalue weighted by Gasteiger charge is 2.34. The van der Waals surface area contributed by atoms with Crippen LogP contribution in [-0.2, 0) is 9.53 Å². The summed E-state index contributed by atoms with van der Waals surface area (Å²) in [6.45, 7) is 2.10. The van der Waals surface area contributed by atoms with Gasteiger partial charge in [-0.05, 0) is 12.0 Å². The Hall–Kier alpha value is -1.31. The van der Waals surface area contributed by atoms with Gasteiger partial charge in [-0.1, -0.05) is 37.3 Å². The summed E-state index contributed by atoms with van der Waals surface area (Å²) >= 11 is 0. The smallest absolute Gasteiger partial charge is 0.306 e. The normalized spacial score (nSPS) is 26.2. The van der Waals surface area contributed by atoms with Gasteiger partial charge in [0.1, 0.15) is 6.10 Å². The van der Waals surface area contributed by atoms with Crippen molar-refractivity contribution in [3.8, 4) is 0 Å². The summed E-state index contributed by atoms with van der Waals surface area (Å²) < 4.78 is 5.31. The van der Waals surface area contributed by atoms with E-state index in [1.165, 1.54) is 0 Å². The molecule has 1 heterocycles. The Labute approximate surface area is 83.9 Å². The topological polar surface area (TPSA) is 26.3 Å². The fraction of sp³-hybridized carbons (Fsp3) is 0.417. The average molecular weight is 190 g/mol. The van der Waals surface area contributed by atoms with E-state index in [0.717, 1.165) is 12.0 Å². The summed E-state index contributed by atoms with van der Waals surface area (Å²) in [6, 6.07) is 9.97. The molecule has 0 aliphatic carbocycles. The molecule has 1 aliphatic rings. The predicted octanol–water partition coefficient (Wildman–Crippen LogP) is 2.70. The molecule has 0 unspecified atom stereocenters. The van der Waals surface area contributed by atoms with Crippen LogP contribution in [0, 0.1) is 5.92 Å². The van der Waals surface area contributed by atoms with Crippen LogP contribution in [0.4, 0.5) is 0 Å². The van der Waals surface area contributed by atoms with Crippen LogP contribution in [0.5, 0.6) is 0 Å². The molecule has 0 saturated carbocycles. The van der Waals surface area contributed by atoms with Crippen molar-refractivity contribution in [3.63, 3.8) is 0 Å². The van der Waals surface area contributed by atoms with E-state index in [0.29, 0.717) is 12.3 Å². The van der Waals surface area contributed by atoms with Crippen LogP contribution >= 0.6 is 0 Å². The van der Waals surface area contributed by atoms with Gasteiger partial charge >= 0.3 is 5.97 Å². The van der Waals surface area contributed by atoms with Crippen LogP contribution in [0.15, 0.2) is 30.3 Å². The second-order valence-electron chi connectivity index (χ2n) is 3.69. The van der Waals surface area contributed by atoms with Gasteiger partial charge in [-0.25, -0.2) is 0 Å². The van der Waals surface area contributed by atoms with Gasteiger partial charge in [0.15, 0.2) is 0 Å². The molecule has 14 heavy (non-hydrogen) atoms. The number of carbonyl (C=O) groups is 1. The molecule has 0 aromatic heterocycles. The first-order valence-electron chi connectivity index (χ1n) is 5.05. The fourth-order valence-electron chi connectivity index (χ4n) is 1.95. The molecule has 0 radical (unpaired) electrons. The standard InChI is InChI=1S/C12H14O2/c1-2-9-8-11(13)14-12(9)10-6-4-3-5-7-10/h3-7,9,12H,2,8H2,1H3/t9-,12+/m1/s1. The summed E-state index contributed by atoms with van der Waals surface area (Å²) in [7, 11) is 0. The highest BCUT2D eigenvalue weighted by atomic mass is 16.5. The third-order valence-corrected chi connectivity index (χ3v) is 2.77. The number of rotatable bonds is 2. The quantitative estimate of drug-likeness (QED) is 0.670. The molecular weight excluding hydrogens is 176 g/mol. The van der Waals surface area contributed by atoms with E-state index in [1.807, 2.05) is 30.3 Å². The molecule has 1 aromatic carbocycles. The third kappa shape index (κ3) is 1.65. The van der Waals surface area contributed by atoms with Gasteiger partial charge in [-0.15, -0.1) is 0 Å². The maximum atomic E-state index is 11.2. The molecular formula is C12H14O2. The first kappa shape index (κ1) is 9.25. The van der Waals surface area contributed by atoms with Crippen molar-refractivity contribution in [2.24, 2.45) is 5.92 Å². The van der Waals surface area contributed by atoms with Gasteiger partial charge in [-0.2, -0.15) is 0 Å². The largest absolute Gasteiger partial charge is 0.457 e. The number of carbonyl (C=O) groups excluding carboxylic acids is 1. The summed E-state index contributed by atoms with van der Waals surface area (Å²) in [5.41, 5.74) is 1.12. The summed E-state index contributed by atoms with van der Waals surface area (Å²) in [4.78, 5) is 11.2. The van der Waals surface area contributed by atoms with Crippen molar-refractivity contribution < 1.29 is 9.53 Å². The highest BCUT2D eigenvalue weighted by Crippen LogP contribution is 2.36. The van der Waals surface area contributed by atoms with Gasteiger partial charge in [0.25, 0.3) is 0 Å². The lowest BCUT2D eigenvalue weighted by atomic mass is 9.93. The number of benzene rings is 1. The van der Waals surface area contributed by atoms with Crippen molar-refractivity contribution in [1.82, 2.24) is 0 Å². The Morgan fingerprint density at radius 2 is 2.07 bits per heavy atom. The van der Waals surface area contributed by atoms with Crippen LogP contribution in [0.2, 0.25) is 0 Å². The molecule has 1 saturated heterocycles. The molecule has 0 bridgehead atoms. The number of hydrogen-bond donors (Lipinski definition) is 0. The van der Waals surface area contributed by atoms with E-state index in [4.69, 9.17) is 4.74 Å². The lowest BCUT2D eigenvalue weighted by Crippen LogP contribution is -2.05. The fourth-order valence-corrected chi connectivity index (χ4v) is 1.95. The van der Waals surface area contributed by atoms with Crippen molar-refractivity contribution in [3.05, 3.63) is 35.9 Å². The first-order chi connectivity index (χ1) is 6.81. The van der Waals surface area contributed by atoms with Crippen LogP contribution in [0.25, 0.3) is 0 Å². The van der Waals surface area contributed by atoms with Crippen LogP contribution < -0.4 is 0 Å². The summed E-state index contributed by atoms with van der Waals surface area (Å²) in [5, 5.41) is 0. The molecule has 0 N–H and O–H groups in total. The minimum Gasteiger partial charge on any atom is -0.457 e. The molecule has 74 valence electrons. The maximum absolute atomic E-state index is 11.2. The summed E-state index contributed by atoms with van der Waals surface area (Å²) in [5.74, 6) is 0.288. The average Bonchev–Trinajstić information content (AvgIpc) is 2.61. The van der Waals surface area contributed by atoms with Gasteiger partial charge in [-0.3, -0.25) is 4.79 Å². The Bertz CT molecular complexity index is 318. The Balaban J connectivity index is 2.22. The second kappa shape index (κ2) is 3.82. The lowest BCUT2D eigenvalue weighted by molar-refractivity contribution is -0.141. The number of ether oxygens (including phenoxy) is 1. The van der Waals surface area contributed by atoms with Gasteiger partial charge in [0.2, 0.25) is 0 Å². The Kier molecular flexibility index (Phi) is 2.53. The van der Waals surface area contributed by atoms with E-state index in [1.54, 1.807) is 0 Å². The van der Waals surface area contributed by atoms with Crippen molar-refractivity contribution in [2.75, 3.05) is 0 Å². The minimum atomic E-state index is -0.0642. The lowest BCUT2D eigenvalue weighted by Gasteiger charge is -2.15. The molecule has 1 fully saturated rings. The van der Waals surface area contributed by atoms with Gasteiger partial charge in [0, 0.05) is 5.92 Å². The van der Waals surface area contributed by atoms with E-state index in [-0.39, 0.29) is 12.1 Å². The zero-order valence-electron chi connectivity index (χ0n) is 8.27. The molecule has 2 nitrogen and oxygen atoms in total. The summed E-state index contributed by atoms with van der Waals surface area (Å²) in [6.07, 6.45) is 1.54. The molecule has 0 amide bonds. The molecule has 2 atom stereocenters. The first-order valence-corrected chi connectivity index (χ1v) is 5.05. The highest BCUT2D eigenvalue weighted by molar-refractivity contribution is 5.72.